The molecule has 0 atom stereocenters. The van der Waals surface area contributed by atoms with Gasteiger partial charge in [0.05, 0.1) is 42.6 Å². The van der Waals surface area contributed by atoms with Crippen LogP contribution in [0, 0.1) is 24.0 Å². The predicted octanol–water partition coefficient (Wildman–Crippen LogP) is 3.47. The second-order valence-electron chi connectivity index (χ2n) is 5.43. The molecular formula is C18H20N2O6. The Morgan fingerprint density at radius 1 is 1.15 bits per heavy atom. The molecule has 1 aromatic carbocycles. The fourth-order valence-electron chi connectivity index (χ4n) is 2.79. The maximum Gasteiger partial charge on any atom is 0.340 e. The zero-order valence-corrected chi connectivity index (χ0v) is 15.3. The van der Waals surface area contributed by atoms with Crippen molar-refractivity contribution in [3.8, 4) is 22.6 Å². The molecule has 0 radical (unpaired) electrons. The first-order chi connectivity index (χ1) is 12.3. The average molecular weight is 360 g/mol. The van der Waals surface area contributed by atoms with Crippen molar-refractivity contribution in [3.63, 3.8) is 0 Å². The number of carbonyl (C=O) groups excluding carboxylic acids is 1. The Morgan fingerprint density at radius 2 is 1.81 bits per heavy atom. The zero-order valence-electron chi connectivity index (χ0n) is 15.3. The molecule has 0 fully saturated rings. The van der Waals surface area contributed by atoms with E-state index in [0.29, 0.717) is 22.8 Å². The number of benzene rings is 1. The van der Waals surface area contributed by atoms with Crippen LogP contribution in [0.3, 0.4) is 0 Å². The van der Waals surface area contributed by atoms with Crippen LogP contribution in [0.2, 0.25) is 0 Å². The van der Waals surface area contributed by atoms with Crippen LogP contribution in [-0.4, -0.2) is 36.7 Å². The molecule has 26 heavy (non-hydrogen) atoms. The normalized spacial score (nSPS) is 10.3. The molecule has 2 aromatic rings. The monoisotopic (exact) mass is 360 g/mol. The summed E-state index contributed by atoms with van der Waals surface area (Å²) in [6.45, 7) is 4.96. The summed E-state index contributed by atoms with van der Waals surface area (Å²) < 4.78 is 15.6. The fourth-order valence-corrected chi connectivity index (χ4v) is 2.79. The number of esters is 1. The van der Waals surface area contributed by atoms with E-state index >= 15 is 0 Å². The third-order valence-corrected chi connectivity index (χ3v) is 3.86. The molecule has 138 valence electrons. The van der Waals surface area contributed by atoms with Crippen LogP contribution in [0.25, 0.3) is 11.1 Å². The van der Waals surface area contributed by atoms with Gasteiger partial charge in [-0.3, -0.25) is 15.1 Å². The SMILES string of the molecule is CCOC(=O)c1c(C)nc(C)c([N+](=O)[O-])c1-c1ccc(OC)c(OC)c1. The summed E-state index contributed by atoms with van der Waals surface area (Å²) in [4.78, 5) is 27.8. The fraction of sp³-hybridized carbons (Fsp3) is 0.333. The molecule has 0 bridgehead atoms. The molecule has 0 N–H and O–H groups in total. The van der Waals surface area contributed by atoms with Crippen molar-refractivity contribution in [2.75, 3.05) is 20.8 Å². The van der Waals surface area contributed by atoms with Gasteiger partial charge in [0.1, 0.15) is 5.69 Å². The Bertz CT molecular complexity index is 863. The largest absolute Gasteiger partial charge is 0.493 e. The minimum absolute atomic E-state index is 0.0661. The minimum Gasteiger partial charge on any atom is -0.493 e. The minimum atomic E-state index is -0.662. The number of rotatable bonds is 6. The summed E-state index contributed by atoms with van der Waals surface area (Å²) in [6, 6.07) is 4.84. The molecule has 8 heteroatoms. The Balaban J connectivity index is 2.88. The van der Waals surface area contributed by atoms with E-state index in [0.717, 1.165) is 0 Å². The average Bonchev–Trinajstić information content (AvgIpc) is 2.60. The molecule has 0 aliphatic heterocycles. The summed E-state index contributed by atoms with van der Waals surface area (Å²) in [5, 5.41) is 11.7. The molecule has 0 aliphatic carbocycles. The van der Waals surface area contributed by atoms with Crippen LogP contribution in [-0.2, 0) is 4.74 Å². The van der Waals surface area contributed by atoms with Crippen molar-refractivity contribution >= 4 is 11.7 Å². The van der Waals surface area contributed by atoms with Gasteiger partial charge < -0.3 is 14.2 Å². The molecule has 1 heterocycles. The maximum atomic E-state index is 12.5. The van der Waals surface area contributed by atoms with Crippen molar-refractivity contribution in [3.05, 3.63) is 45.3 Å². The van der Waals surface area contributed by atoms with Gasteiger partial charge in [-0.1, -0.05) is 6.07 Å². The number of carbonyl (C=O) groups is 1. The van der Waals surface area contributed by atoms with Gasteiger partial charge in [0.25, 0.3) is 5.69 Å². The molecule has 0 saturated heterocycles. The van der Waals surface area contributed by atoms with E-state index in [1.165, 1.54) is 21.1 Å². The highest BCUT2D eigenvalue weighted by atomic mass is 16.6. The highest BCUT2D eigenvalue weighted by molar-refractivity contribution is 6.01. The molecule has 0 unspecified atom stereocenters. The van der Waals surface area contributed by atoms with Gasteiger partial charge in [0.15, 0.2) is 11.5 Å². The number of hydrogen-bond acceptors (Lipinski definition) is 7. The molecule has 0 spiro atoms. The van der Waals surface area contributed by atoms with Crippen LogP contribution in [0.1, 0.15) is 28.7 Å². The first-order valence-corrected chi connectivity index (χ1v) is 7.90. The summed E-state index contributed by atoms with van der Waals surface area (Å²) in [5.74, 6) is 0.200. The number of methoxy groups -OCH3 is 2. The first kappa shape index (κ1) is 19.2. The smallest absolute Gasteiger partial charge is 0.340 e. The molecular weight excluding hydrogens is 340 g/mol. The van der Waals surface area contributed by atoms with E-state index < -0.39 is 10.9 Å². The lowest BCUT2D eigenvalue weighted by Gasteiger charge is -2.15. The van der Waals surface area contributed by atoms with Crippen molar-refractivity contribution < 1.29 is 23.9 Å². The van der Waals surface area contributed by atoms with E-state index in [2.05, 4.69) is 4.98 Å². The number of ether oxygens (including phenoxy) is 3. The molecule has 8 nitrogen and oxygen atoms in total. The molecule has 0 aliphatic rings. The molecule has 0 amide bonds. The van der Waals surface area contributed by atoms with Gasteiger partial charge in [0.2, 0.25) is 0 Å². The number of nitrogens with zero attached hydrogens (tertiary/aromatic N) is 2. The quantitative estimate of drug-likeness (QED) is 0.441. The summed E-state index contributed by atoms with van der Waals surface area (Å²) in [5.41, 5.74) is 0.981. The Labute approximate surface area is 150 Å². The van der Waals surface area contributed by atoms with E-state index in [1.54, 1.807) is 32.0 Å². The van der Waals surface area contributed by atoms with Crippen LogP contribution in [0.5, 0.6) is 11.5 Å². The standard InChI is InChI=1S/C18H20N2O6/c1-6-26-18(21)15-10(2)19-11(3)17(20(22)23)16(15)12-7-8-13(24-4)14(9-12)25-5/h7-9H,6H2,1-5H3. The molecule has 2 rings (SSSR count). The van der Waals surface area contributed by atoms with E-state index in [1.807, 2.05) is 0 Å². The Morgan fingerprint density at radius 3 is 2.35 bits per heavy atom. The van der Waals surface area contributed by atoms with Gasteiger partial charge in [-0.05, 0) is 38.5 Å². The number of aromatic nitrogens is 1. The number of nitro groups is 1. The Kier molecular flexibility index (Phi) is 5.76. The van der Waals surface area contributed by atoms with Gasteiger partial charge in [-0.15, -0.1) is 0 Å². The van der Waals surface area contributed by atoms with E-state index in [4.69, 9.17) is 14.2 Å². The third kappa shape index (κ3) is 3.44. The van der Waals surface area contributed by atoms with Crippen LogP contribution in [0.15, 0.2) is 18.2 Å². The summed E-state index contributed by atoms with van der Waals surface area (Å²) in [7, 11) is 2.95. The lowest BCUT2D eigenvalue weighted by Crippen LogP contribution is -2.13. The molecule has 1 aromatic heterocycles. The lowest BCUT2D eigenvalue weighted by molar-refractivity contribution is -0.385. The first-order valence-electron chi connectivity index (χ1n) is 7.90. The van der Waals surface area contributed by atoms with Gasteiger partial charge in [-0.25, -0.2) is 4.79 Å². The van der Waals surface area contributed by atoms with Crippen molar-refractivity contribution in [2.45, 2.75) is 20.8 Å². The van der Waals surface area contributed by atoms with E-state index in [-0.39, 0.29) is 29.1 Å². The summed E-state index contributed by atoms with van der Waals surface area (Å²) in [6.07, 6.45) is 0. The zero-order chi connectivity index (χ0) is 19.4. The van der Waals surface area contributed by atoms with Crippen LogP contribution < -0.4 is 9.47 Å². The predicted molar refractivity (Wildman–Crippen MR) is 94.9 cm³/mol. The van der Waals surface area contributed by atoms with Crippen molar-refractivity contribution in [2.24, 2.45) is 0 Å². The second kappa shape index (κ2) is 7.81. The van der Waals surface area contributed by atoms with Crippen LogP contribution >= 0.6 is 0 Å². The lowest BCUT2D eigenvalue weighted by atomic mass is 9.95. The van der Waals surface area contributed by atoms with Gasteiger partial charge >= 0.3 is 5.97 Å². The van der Waals surface area contributed by atoms with Crippen molar-refractivity contribution in [1.82, 2.24) is 4.98 Å². The van der Waals surface area contributed by atoms with Gasteiger partial charge in [0, 0.05) is 0 Å². The topological polar surface area (TPSA) is 101 Å². The maximum absolute atomic E-state index is 12.5. The molecule has 0 saturated carbocycles. The van der Waals surface area contributed by atoms with Gasteiger partial charge in [-0.2, -0.15) is 0 Å². The number of aryl methyl sites for hydroxylation is 2. The second-order valence-corrected chi connectivity index (χ2v) is 5.43. The number of pyridine rings is 1. The van der Waals surface area contributed by atoms with E-state index in [9.17, 15) is 14.9 Å². The Hall–Kier alpha value is -3.16. The third-order valence-electron chi connectivity index (χ3n) is 3.86. The summed E-state index contributed by atoms with van der Waals surface area (Å²) >= 11 is 0. The highest BCUT2D eigenvalue weighted by Crippen LogP contribution is 2.40. The van der Waals surface area contributed by atoms with Crippen molar-refractivity contribution in [1.29, 1.82) is 0 Å². The van der Waals surface area contributed by atoms with Crippen LogP contribution in [0.4, 0.5) is 5.69 Å². The highest BCUT2D eigenvalue weighted by Gasteiger charge is 2.30. The number of hydrogen-bond donors (Lipinski definition) is 0.